The predicted octanol–water partition coefficient (Wildman–Crippen LogP) is 3.46. The summed E-state index contributed by atoms with van der Waals surface area (Å²) in [7, 11) is 0. The van der Waals surface area contributed by atoms with Gasteiger partial charge in [0.1, 0.15) is 0 Å². The van der Waals surface area contributed by atoms with E-state index >= 15 is 0 Å². The first kappa shape index (κ1) is 19.4. The molecule has 2 aromatic rings. The molecule has 0 atom stereocenters. The van der Waals surface area contributed by atoms with E-state index < -0.39 is 6.09 Å². The van der Waals surface area contributed by atoms with E-state index in [9.17, 15) is 9.59 Å². The Labute approximate surface area is 146 Å². The first-order valence-corrected chi connectivity index (χ1v) is 7.31. The van der Waals surface area contributed by atoms with Gasteiger partial charge in [-0.05, 0) is 25.1 Å². The number of hydrogen-bond acceptors (Lipinski definition) is 5. The first-order valence-electron chi connectivity index (χ1n) is 7.31. The van der Waals surface area contributed by atoms with Crippen LogP contribution in [0.25, 0.3) is 0 Å². The van der Waals surface area contributed by atoms with E-state index in [1.165, 1.54) is 11.1 Å². The van der Waals surface area contributed by atoms with Gasteiger partial charge in [-0.2, -0.15) is 0 Å². The number of carbonyl (C=O) groups is 2. The Kier molecular flexibility index (Phi) is 8.29. The number of hydrogen-bond donors (Lipinski definition) is 0. The Bertz CT molecular complexity index is 638. The molecular weight excluding hydrogens is 332 g/mol. The number of anilines is 1. The Morgan fingerprint density at radius 1 is 1.08 bits per heavy atom. The van der Waals surface area contributed by atoms with Crippen molar-refractivity contribution in [1.82, 2.24) is 4.98 Å². The van der Waals surface area contributed by atoms with Crippen LogP contribution in [0.3, 0.4) is 0 Å². The minimum absolute atomic E-state index is 0. The van der Waals surface area contributed by atoms with Crippen LogP contribution in [-0.4, -0.2) is 30.2 Å². The summed E-state index contributed by atoms with van der Waals surface area (Å²) in [6.45, 7) is 2.21. The van der Waals surface area contributed by atoms with Gasteiger partial charge in [0, 0.05) is 24.5 Å². The highest BCUT2D eigenvalue weighted by Gasteiger charge is 2.19. The smallest absolute Gasteiger partial charge is 0.421 e. The molecule has 0 saturated carbocycles. The van der Waals surface area contributed by atoms with Gasteiger partial charge < -0.3 is 9.47 Å². The average molecular weight is 351 g/mol. The van der Waals surface area contributed by atoms with Gasteiger partial charge in [0.15, 0.2) is 0 Å². The van der Waals surface area contributed by atoms with Crippen LogP contribution < -0.4 is 9.64 Å². The summed E-state index contributed by atoms with van der Waals surface area (Å²) < 4.78 is 10.1. The molecule has 0 aliphatic rings. The summed E-state index contributed by atoms with van der Waals surface area (Å²) in [6.07, 6.45) is 1.02. The lowest BCUT2D eigenvalue weighted by Gasteiger charge is -2.21. The zero-order valence-electron chi connectivity index (χ0n) is 13.3. The van der Waals surface area contributed by atoms with Crippen molar-refractivity contribution < 1.29 is 19.1 Å². The number of aromatic nitrogens is 1. The van der Waals surface area contributed by atoms with Crippen LogP contribution in [0.2, 0.25) is 0 Å². The minimum atomic E-state index is -0.598. The van der Waals surface area contributed by atoms with Gasteiger partial charge in [-0.1, -0.05) is 24.3 Å². The minimum Gasteiger partial charge on any atom is -0.466 e. The summed E-state index contributed by atoms with van der Waals surface area (Å²) in [4.78, 5) is 29.3. The molecule has 0 aliphatic heterocycles. The Hall–Kier alpha value is -2.60. The van der Waals surface area contributed by atoms with Crippen molar-refractivity contribution in [3.05, 3.63) is 54.7 Å². The molecule has 0 radical (unpaired) electrons. The maximum Gasteiger partial charge on any atom is 0.421 e. The quantitative estimate of drug-likeness (QED) is 0.746. The second-order valence-corrected chi connectivity index (χ2v) is 4.58. The number of amides is 1. The van der Waals surface area contributed by atoms with Crippen molar-refractivity contribution in [2.45, 2.75) is 13.3 Å². The van der Waals surface area contributed by atoms with Crippen LogP contribution in [0.15, 0.2) is 54.7 Å². The number of benzene rings is 1. The van der Waals surface area contributed by atoms with Gasteiger partial charge in [0.05, 0.1) is 13.0 Å². The highest BCUT2D eigenvalue weighted by molar-refractivity contribution is 5.89. The zero-order valence-corrected chi connectivity index (χ0v) is 14.1. The van der Waals surface area contributed by atoms with E-state index in [1.807, 2.05) is 6.07 Å². The lowest BCUT2D eigenvalue weighted by molar-refractivity contribution is -0.142. The van der Waals surface area contributed by atoms with Gasteiger partial charge in [-0.15, -0.1) is 12.4 Å². The Morgan fingerprint density at radius 3 is 2.42 bits per heavy atom. The molecule has 128 valence electrons. The van der Waals surface area contributed by atoms with Crippen LogP contribution in [0.1, 0.15) is 13.3 Å². The van der Waals surface area contributed by atoms with Crippen molar-refractivity contribution in [3.8, 4) is 5.88 Å². The molecule has 2 rings (SSSR count). The fourth-order valence-corrected chi connectivity index (χ4v) is 1.92. The molecule has 6 nitrogen and oxygen atoms in total. The third kappa shape index (κ3) is 5.89. The van der Waals surface area contributed by atoms with Crippen LogP contribution >= 0.6 is 12.4 Å². The number of rotatable bonds is 6. The van der Waals surface area contributed by atoms with Gasteiger partial charge in [-0.3, -0.25) is 9.69 Å². The monoisotopic (exact) mass is 350 g/mol. The van der Waals surface area contributed by atoms with E-state index in [0.717, 1.165) is 0 Å². The number of pyridine rings is 1. The third-order valence-corrected chi connectivity index (χ3v) is 2.96. The second-order valence-electron chi connectivity index (χ2n) is 4.58. The number of carbonyl (C=O) groups excluding carboxylic acids is 2. The largest absolute Gasteiger partial charge is 0.466 e. The van der Waals surface area contributed by atoms with Crippen molar-refractivity contribution >= 4 is 30.2 Å². The maximum absolute atomic E-state index is 12.4. The SMILES string of the molecule is CCOC(=O)CCN(C(=O)Oc1ccccn1)c1ccccc1.Cl. The number of ether oxygens (including phenoxy) is 2. The Balaban J connectivity index is 0.00000288. The van der Waals surface area contributed by atoms with Crippen LogP contribution in [0, 0.1) is 0 Å². The molecule has 0 fully saturated rings. The van der Waals surface area contributed by atoms with Crippen LogP contribution in [0.5, 0.6) is 5.88 Å². The van der Waals surface area contributed by atoms with Crippen LogP contribution in [0.4, 0.5) is 10.5 Å². The van der Waals surface area contributed by atoms with E-state index in [4.69, 9.17) is 9.47 Å². The molecule has 24 heavy (non-hydrogen) atoms. The van der Waals surface area contributed by atoms with Crippen molar-refractivity contribution in [3.63, 3.8) is 0 Å². The fraction of sp³-hybridized carbons (Fsp3) is 0.235. The summed E-state index contributed by atoms with van der Waals surface area (Å²) in [5.41, 5.74) is 0.637. The van der Waals surface area contributed by atoms with Crippen molar-refractivity contribution in [1.29, 1.82) is 0 Å². The molecule has 1 aromatic carbocycles. The van der Waals surface area contributed by atoms with Crippen molar-refractivity contribution in [2.24, 2.45) is 0 Å². The van der Waals surface area contributed by atoms with E-state index in [2.05, 4.69) is 4.98 Å². The van der Waals surface area contributed by atoms with Crippen molar-refractivity contribution in [2.75, 3.05) is 18.1 Å². The average Bonchev–Trinajstić information content (AvgIpc) is 2.57. The molecule has 0 saturated heterocycles. The standard InChI is InChI=1S/C17H18N2O4.ClH/c1-2-22-16(20)11-13-19(14-8-4-3-5-9-14)17(21)23-15-10-6-7-12-18-15;/h3-10,12H,2,11,13H2,1H3;1H. The maximum atomic E-state index is 12.4. The lowest BCUT2D eigenvalue weighted by atomic mass is 10.3. The van der Waals surface area contributed by atoms with E-state index in [0.29, 0.717) is 12.3 Å². The number of esters is 1. The normalized spacial score (nSPS) is 9.54. The summed E-state index contributed by atoms with van der Waals surface area (Å²) in [6, 6.07) is 14.0. The second kappa shape index (κ2) is 10.2. The van der Waals surface area contributed by atoms with Gasteiger partial charge in [-0.25, -0.2) is 9.78 Å². The number of halogens is 1. The van der Waals surface area contributed by atoms with Gasteiger partial charge >= 0.3 is 12.1 Å². The first-order chi connectivity index (χ1) is 11.2. The zero-order chi connectivity index (χ0) is 16.5. The Morgan fingerprint density at radius 2 is 1.79 bits per heavy atom. The highest BCUT2D eigenvalue weighted by Crippen LogP contribution is 2.16. The molecule has 0 aliphatic carbocycles. The van der Waals surface area contributed by atoms with E-state index in [1.54, 1.807) is 49.4 Å². The molecule has 1 amide bonds. The van der Waals surface area contributed by atoms with Crippen LogP contribution in [-0.2, 0) is 9.53 Å². The summed E-state index contributed by atoms with van der Waals surface area (Å²) >= 11 is 0. The molecule has 1 aromatic heterocycles. The lowest BCUT2D eigenvalue weighted by Crippen LogP contribution is -2.35. The van der Waals surface area contributed by atoms with Gasteiger partial charge in [0.25, 0.3) is 0 Å². The van der Waals surface area contributed by atoms with E-state index in [-0.39, 0.29) is 37.2 Å². The molecule has 0 bridgehead atoms. The number of para-hydroxylation sites is 1. The molecule has 0 unspecified atom stereocenters. The number of nitrogens with zero attached hydrogens (tertiary/aromatic N) is 2. The molecule has 0 N–H and O–H groups in total. The molecule has 0 spiro atoms. The topological polar surface area (TPSA) is 68.7 Å². The highest BCUT2D eigenvalue weighted by atomic mass is 35.5. The van der Waals surface area contributed by atoms with Gasteiger partial charge in [0.2, 0.25) is 5.88 Å². The third-order valence-electron chi connectivity index (χ3n) is 2.96. The summed E-state index contributed by atoms with van der Waals surface area (Å²) in [5, 5.41) is 0. The fourth-order valence-electron chi connectivity index (χ4n) is 1.92. The molecule has 1 heterocycles. The predicted molar refractivity (Wildman–Crippen MR) is 92.5 cm³/mol. The molecular formula is C17H19ClN2O4. The summed E-state index contributed by atoms with van der Waals surface area (Å²) in [5.74, 6) is -0.159. The molecule has 7 heteroatoms.